The number of hydrogen-bond donors (Lipinski definition) is 2. The number of carbonyl (C=O) groups excluding carboxylic acids is 2. The fraction of sp³-hybridized carbons (Fsp3) is 0.333. The molecule has 1 atom stereocenters. The predicted octanol–water partition coefficient (Wildman–Crippen LogP) is 2.81. The molecule has 2 aromatic heterocycles. The van der Waals surface area contributed by atoms with Gasteiger partial charge in [0, 0.05) is 12.1 Å². The molecule has 0 saturated heterocycles. The van der Waals surface area contributed by atoms with Crippen LogP contribution < -0.4 is 15.8 Å². The maximum absolute atomic E-state index is 13.0. The zero-order valence-corrected chi connectivity index (χ0v) is 17.2. The molecule has 9 heteroatoms. The molecular formula is C21H24N6O3. The van der Waals surface area contributed by atoms with E-state index in [1.807, 2.05) is 37.5 Å². The van der Waals surface area contributed by atoms with Crippen molar-refractivity contribution in [3.8, 4) is 5.75 Å². The van der Waals surface area contributed by atoms with Gasteiger partial charge in [-0.1, -0.05) is 12.2 Å². The highest BCUT2D eigenvalue weighted by molar-refractivity contribution is 6.04. The van der Waals surface area contributed by atoms with Gasteiger partial charge in [0.25, 0.3) is 5.91 Å². The minimum absolute atomic E-state index is 0.0498. The van der Waals surface area contributed by atoms with Crippen LogP contribution in [0.4, 0.5) is 5.95 Å². The van der Waals surface area contributed by atoms with Gasteiger partial charge in [0.2, 0.25) is 11.9 Å². The number of nitrogens with two attached hydrogens (primary N) is 1. The van der Waals surface area contributed by atoms with Crippen molar-refractivity contribution < 1.29 is 14.3 Å². The number of hydrogen-bond acceptors (Lipinski definition) is 5. The van der Waals surface area contributed by atoms with E-state index in [-0.39, 0.29) is 11.9 Å². The lowest BCUT2D eigenvalue weighted by Crippen LogP contribution is -2.26. The minimum atomic E-state index is -0.560. The van der Waals surface area contributed by atoms with E-state index in [1.165, 1.54) is 0 Å². The smallest absolute Gasteiger partial charge is 0.276 e. The lowest BCUT2D eigenvalue weighted by Gasteiger charge is -2.26. The van der Waals surface area contributed by atoms with Crippen LogP contribution in [0.25, 0.3) is 11.0 Å². The Morgan fingerprint density at radius 3 is 2.87 bits per heavy atom. The highest BCUT2D eigenvalue weighted by Gasteiger charge is 2.29. The van der Waals surface area contributed by atoms with Crippen LogP contribution in [-0.2, 0) is 6.54 Å². The summed E-state index contributed by atoms with van der Waals surface area (Å²) in [6.07, 6.45) is 4.73. The van der Waals surface area contributed by atoms with Crippen LogP contribution in [0.5, 0.6) is 5.75 Å². The third kappa shape index (κ3) is 3.32. The molecule has 0 radical (unpaired) electrons. The summed E-state index contributed by atoms with van der Waals surface area (Å²) in [5.74, 6) is 0.0739. The van der Waals surface area contributed by atoms with Crippen LogP contribution >= 0.6 is 0 Å². The Kier molecular flexibility index (Phi) is 5.03. The normalized spacial score (nSPS) is 15.5. The van der Waals surface area contributed by atoms with Gasteiger partial charge in [-0.2, -0.15) is 5.10 Å². The van der Waals surface area contributed by atoms with Crippen molar-refractivity contribution in [2.45, 2.75) is 39.8 Å². The first kappa shape index (κ1) is 19.7. The number of benzene rings is 1. The molecule has 3 N–H and O–H groups in total. The average molecular weight is 408 g/mol. The van der Waals surface area contributed by atoms with Crippen molar-refractivity contribution in [2.75, 3.05) is 11.9 Å². The summed E-state index contributed by atoms with van der Waals surface area (Å²) in [5, 5.41) is 7.26. The lowest BCUT2D eigenvalue weighted by molar-refractivity contribution is 0.0995. The second-order valence-electron chi connectivity index (χ2n) is 7.22. The van der Waals surface area contributed by atoms with E-state index in [4.69, 9.17) is 10.5 Å². The van der Waals surface area contributed by atoms with Gasteiger partial charge in [0.1, 0.15) is 23.6 Å². The molecule has 1 aliphatic heterocycles. The summed E-state index contributed by atoms with van der Waals surface area (Å²) in [6, 6.07) is 4.94. The van der Waals surface area contributed by atoms with E-state index >= 15 is 0 Å². The number of ether oxygens (including phenoxy) is 1. The molecule has 0 bridgehead atoms. The van der Waals surface area contributed by atoms with E-state index in [9.17, 15) is 9.59 Å². The second kappa shape index (κ2) is 7.66. The first-order chi connectivity index (χ1) is 14.4. The number of rotatable bonds is 6. The quantitative estimate of drug-likeness (QED) is 0.608. The van der Waals surface area contributed by atoms with Crippen molar-refractivity contribution in [2.24, 2.45) is 5.73 Å². The summed E-state index contributed by atoms with van der Waals surface area (Å²) in [5.41, 5.74) is 8.28. The summed E-state index contributed by atoms with van der Waals surface area (Å²) < 4.78 is 9.53. The molecule has 2 amide bonds. The number of allylic oxidation sites excluding steroid dienone is 2. The van der Waals surface area contributed by atoms with E-state index in [2.05, 4.69) is 15.4 Å². The molecule has 0 fully saturated rings. The van der Waals surface area contributed by atoms with E-state index in [0.29, 0.717) is 48.0 Å². The van der Waals surface area contributed by atoms with Crippen LogP contribution in [-0.4, -0.2) is 37.8 Å². The van der Waals surface area contributed by atoms with Crippen LogP contribution in [0, 0.1) is 6.92 Å². The van der Waals surface area contributed by atoms with E-state index in [0.717, 1.165) is 11.2 Å². The number of nitrogens with one attached hydrogen (secondary N) is 1. The molecule has 0 spiro atoms. The van der Waals surface area contributed by atoms with Crippen molar-refractivity contribution in [1.82, 2.24) is 19.3 Å². The van der Waals surface area contributed by atoms with Gasteiger partial charge in [-0.05, 0) is 45.4 Å². The SMILES string of the molecule is C/C=C/CC1COc2cc(C(N)=O)cc3nc(NC(=O)c4cc(C)nn4CC)n1c23. The van der Waals surface area contributed by atoms with Crippen LogP contribution in [0.15, 0.2) is 30.4 Å². The first-order valence-electron chi connectivity index (χ1n) is 9.88. The Balaban J connectivity index is 1.82. The second-order valence-corrected chi connectivity index (χ2v) is 7.22. The molecule has 4 rings (SSSR count). The number of nitrogens with zero attached hydrogens (tertiary/aromatic N) is 4. The molecule has 3 aromatic rings. The number of amides is 2. The van der Waals surface area contributed by atoms with Crippen molar-refractivity contribution in [3.05, 3.63) is 47.3 Å². The fourth-order valence-electron chi connectivity index (χ4n) is 3.75. The monoisotopic (exact) mass is 408 g/mol. The fourth-order valence-corrected chi connectivity index (χ4v) is 3.75. The molecule has 30 heavy (non-hydrogen) atoms. The Hall–Kier alpha value is -3.62. The van der Waals surface area contributed by atoms with Gasteiger partial charge in [0.15, 0.2) is 0 Å². The van der Waals surface area contributed by atoms with Crippen LogP contribution in [0.1, 0.15) is 52.9 Å². The van der Waals surface area contributed by atoms with Gasteiger partial charge in [-0.15, -0.1) is 0 Å². The third-order valence-corrected chi connectivity index (χ3v) is 5.13. The topological polar surface area (TPSA) is 117 Å². The van der Waals surface area contributed by atoms with Gasteiger partial charge >= 0.3 is 0 Å². The van der Waals surface area contributed by atoms with Crippen molar-refractivity contribution in [3.63, 3.8) is 0 Å². The number of aromatic nitrogens is 4. The Bertz CT molecular complexity index is 1170. The first-order valence-corrected chi connectivity index (χ1v) is 9.88. The maximum atomic E-state index is 13.0. The van der Waals surface area contributed by atoms with Crippen molar-refractivity contribution >= 4 is 28.8 Å². The number of primary amides is 1. The molecule has 0 saturated carbocycles. The average Bonchev–Trinajstić information content (AvgIpc) is 3.28. The summed E-state index contributed by atoms with van der Waals surface area (Å²) >= 11 is 0. The summed E-state index contributed by atoms with van der Waals surface area (Å²) in [4.78, 5) is 29.3. The molecule has 0 aliphatic carbocycles. The van der Waals surface area contributed by atoms with Crippen LogP contribution in [0.3, 0.4) is 0 Å². The van der Waals surface area contributed by atoms with Crippen molar-refractivity contribution in [1.29, 1.82) is 0 Å². The molecule has 9 nitrogen and oxygen atoms in total. The van der Waals surface area contributed by atoms with E-state index in [1.54, 1.807) is 22.9 Å². The number of aryl methyl sites for hydroxylation is 2. The van der Waals surface area contributed by atoms with Gasteiger partial charge in [-0.25, -0.2) is 4.98 Å². The highest BCUT2D eigenvalue weighted by Crippen LogP contribution is 2.38. The maximum Gasteiger partial charge on any atom is 0.276 e. The molecule has 3 heterocycles. The largest absolute Gasteiger partial charge is 0.489 e. The standard InChI is InChI=1S/C21H24N6O3/c1-4-6-7-14-11-30-17-10-13(19(22)28)9-15-18(17)27(14)21(23-15)24-20(29)16-8-12(3)25-26(16)5-2/h4,6,8-10,14H,5,7,11H2,1-3H3,(H2,22,28)(H,23,24,29)/b6-4+. The Morgan fingerprint density at radius 1 is 1.37 bits per heavy atom. The third-order valence-electron chi connectivity index (χ3n) is 5.13. The molecular weight excluding hydrogens is 384 g/mol. The molecule has 1 unspecified atom stereocenters. The molecule has 156 valence electrons. The van der Waals surface area contributed by atoms with E-state index < -0.39 is 5.91 Å². The predicted molar refractivity (Wildman–Crippen MR) is 113 cm³/mol. The van der Waals surface area contributed by atoms with Gasteiger partial charge in [0.05, 0.1) is 17.3 Å². The lowest BCUT2D eigenvalue weighted by atomic mass is 10.1. The number of imidazole rings is 1. The highest BCUT2D eigenvalue weighted by atomic mass is 16.5. The minimum Gasteiger partial charge on any atom is -0.489 e. The number of carbonyl (C=O) groups is 2. The molecule has 1 aliphatic rings. The summed E-state index contributed by atoms with van der Waals surface area (Å²) in [6.45, 7) is 6.70. The summed E-state index contributed by atoms with van der Waals surface area (Å²) in [7, 11) is 0. The molecule has 1 aromatic carbocycles. The Morgan fingerprint density at radius 2 is 2.17 bits per heavy atom. The van der Waals surface area contributed by atoms with Crippen LogP contribution in [0.2, 0.25) is 0 Å². The zero-order valence-electron chi connectivity index (χ0n) is 17.2. The Labute approximate surface area is 173 Å². The van der Waals surface area contributed by atoms with Gasteiger partial charge in [-0.3, -0.25) is 24.2 Å². The van der Waals surface area contributed by atoms with Gasteiger partial charge < -0.3 is 10.5 Å². The number of anilines is 1. The zero-order chi connectivity index (χ0) is 21.4.